The van der Waals surface area contributed by atoms with Gasteiger partial charge in [-0.15, -0.1) is 10.2 Å². The fourth-order valence-electron chi connectivity index (χ4n) is 2.89. The van der Waals surface area contributed by atoms with Gasteiger partial charge in [-0.05, 0) is 24.6 Å². The number of benzene rings is 1. The van der Waals surface area contributed by atoms with Gasteiger partial charge in [-0.2, -0.15) is 4.98 Å². The van der Waals surface area contributed by atoms with Gasteiger partial charge >= 0.3 is 0 Å². The van der Waals surface area contributed by atoms with Crippen molar-refractivity contribution in [3.63, 3.8) is 0 Å². The summed E-state index contributed by atoms with van der Waals surface area (Å²) >= 11 is 0. The lowest BCUT2D eigenvalue weighted by atomic mass is 10.1. The molecule has 0 saturated carbocycles. The zero-order chi connectivity index (χ0) is 19.5. The third-order valence-electron chi connectivity index (χ3n) is 4.45. The summed E-state index contributed by atoms with van der Waals surface area (Å²) in [5, 5.41) is 15.3. The van der Waals surface area contributed by atoms with Gasteiger partial charge in [0.1, 0.15) is 0 Å². The number of nitrogens with one attached hydrogen (secondary N) is 1. The van der Waals surface area contributed by atoms with Crippen LogP contribution in [-0.4, -0.2) is 30.6 Å². The first-order valence-electron chi connectivity index (χ1n) is 9.12. The third kappa shape index (κ3) is 3.62. The Bertz CT molecular complexity index is 1110. The average Bonchev–Trinajstić information content (AvgIpc) is 3.35. The van der Waals surface area contributed by atoms with E-state index >= 15 is 0 Å². The van der Waals surface area contributed by atoms with Crippen molar-refractivity contribution in [2.75, 3.05) is 0 Å². The summed E-state index contributed by atoms with van der Waals surface area (Å²) in [7, 11) is 0. The van der Waals surface area contributed by atoms with Crippen molar-refractivity contribution in [3.8, 4) is 11.5 Å². The van der Waals surface area contributed by atoms with E-state index in [9.17, 15) is 4.79 Å². The van der Waals surface area contributed by atoms with Crippen molar-refractivity contribution in [2.24, 2.45) is 0 Å². The van der Waals surface area contributed by atoms with Gasteiger partial charge in [0.15, 0.2) is 17.3 Å². The molecule has 0 atom stereocenters. The molecular weight excluding hydrogens is 356 g/mol. The maximum Gasteiger partial charge on any atom is 0.261 e. The number of fused-ring (bicyclic) bond motifs is 1. The number of amides is 1. The number of rotatable bonds is 6. The molecule has 28 heavy (non-hydrogen) atoms. The van der Waals surface area contributed by atoms with Crippen LogP contribution in [0.25, 0.3) is 17.1 Å². The largest absolute Gasteiger partial charge is 0.348 e. The molecular formula is C20H20N6O2. The van der Waals surface area contributed by atoms with E-state index in [1.807, 2.05) is 60.8 Å². The Morgan fingerprint density at radius 2 is 2.00 bits per heavy atom. The van der Waals surface area contributed by atoms with Crippen LogP contribution in [-0.2, 0) is 24.2 Å². The molecule has 0 bridgehead atoms. The van der Waals surface area contributed by atoms with E-state index in [2.05, 4.69) is 25.7 Å². The predicted octanol–water partition coefficient (Wildman–Crippen LogP) is 2.51. The van der Waals surface area contributed by atoms with E-state index in [0.29, 0.717) is 41.6 Å². The van der Waals surface area contributed by atoms with Crippen LogP contribution in [0.5, 0.6) is 0 Å². The first-order valence-corrected chi connectivity index (χ1v) is 9.12. The SMILES string of the molecule is CCc1noc(-c2cccn3c(CNC(=O)Cc4ccc(C)cc4)nnc23)n1. The quantitative estimate of drug-likeness (QED) is 0.555. The minimum atomic E-state index is -0.0683. The first kappa shape index (κ1) is 17.8. The Labute approximate surface area is 161 Å². The molecule has 0 saturated heterocycles. The van der Waals surface area contributed by atoms with Crippen LogP contribution < -0.4 is 5.32 Å². The molecule has 142 valence electrons. The maximum atomic E-state index is 12.3. The second-order valence-corrected chi connectivity index (χ2v) is 6.54. The molecule has 0 spiro atoms. The van der Waals surface area contributed by atoms with E-state index in [1.165, 1.54) is 5.56 Å². The van der Waals surface area contributed by atoms with Gasteiger partial charge < -0.3 is 9.84 Å². The fourth-order valence-corrected chi connectivity index (χ4v) is 2.89. The highest BCUT2D eigenvalue weighted by Crippen LogP contribution is 2.22. The van der Waals surface area contributed by atoms with Gasteiger partial charge in [0.2, 0.25) is 5.91 Å². The van der Waals surface area contributed by atoms with Crippen molar-refractivity contribution in [1.29, 1.82) is 0 Å². The number of nitrogens with zero attached hydrogens (tertiary/aromatic N) is 5. The van der Waals surface area contributed by atoms with E-state index in [0.717, 1.165) is 5.56 Å². The van der Waals surface area contributed by atoms with E-state index < -0.39 is 0 Å². The van der Waals surface area contributed by atoms with Crippen molar-refractivity contribution in [2.45, 2.75) is 33.2 Å². The van der Waals surface area contributed by atoms with Crippen LogP contribution >= 0.6 is 0 Å². The molecule has 3 heterocycles. The third-order valence-corrected chi connectivity index (χ3v) is 4.45. The van der Waals surface area contributed by atoms with Crippen LogP contribution in [0.1, 0.15) is 29.7 Å². The lowest BCUT2D eigenvalue weighted by molar-refractivity contribution is -0.120. The van der Waals surface area contributed by atoms with Crippen molar-refractivity contribution >= 4 is 11.6 Å². The number of pyridine rings is 1. The highest BCUT2D eigenvalue weighted by Gasteiger charge is 2.16. The fraction of sp³-hybridized carbons (Fsp3) is 0.250. The molecule has 1 amide bonds. The summed E-state index contributed by atoms with van der Waals surface area (Å²) in [6, 6.07) is 11.6. The summed E-state index contributed by atoms with van der Waals surface area (Å²) in [5.74, 6) is 1.61. The molecule has 4 rings (SSSR count). The number of carbonyl (C=O) groups excluding carboxylic acids is 1. The minimum absolute atomic E-state index is 0.0683. The van der Waals surface area contributed by atoms with Gasteiger partial charge in [0.25, 0.3) is 5.89 Å². The number of carbonyl (C=O) groups is 1. The van der Waals surface area contributed by atoms with Crippen molar-refractivity contribution in [3.05, 3.63) is 65.4 Å². The monoisotopic (exact) mass is 376 g/mol. The molecule has 1 aromatic carbocycles. The second-order valence-electron chi connectivity index (χ2n) is 6.54. The number of hydrogen-bond donors (Lipinski definition) is 1. The zero-order valence-electron chi connectivity index (χ0n) is 15.7. The van der Waals surface area contributed by atoms with E-state index in [1.54, 1.807) is 0 Å². The molecule has 8 nitrogen and oxygen atoms in total. The Hall–Kier alpha value is -3.55. The molecule has 0 unspecified atom stereocenters. The average molecular weight is 376 g/mol. The highest BCUT2D eigenvalue weighted by atomic mass is 16.5. The predicted molar refractivity (Wildman–Crippen MR) is 102 cm³/mol. The van der Waals surface area contributed by atoms with Gasteiger partial charge in [-0.25, -0.2) is 0 Å². The van der Waals surface area contributed by atoms with Gasteiger partial charge in [0, 0.05) is 12.6 Å². The molecule has 0 aliphatic heterocycles. The Kier molecular flexibility index (Phi) is 4.84. The standard InChI is InChI=1S/C20H20N6O2/c1-3-16-22-20(28-25-16)15-5-4-10-26-17(23-24-19(15)26)12-21-18(27)11-14-8-6-13(2)7-9-14/h4-10H,3,11-12H2,1-2H3,(H,21,27). The topological polar surface area (TPSA) is 98.2 Å². The van der Waals surface area contributed by atoms with Crippen molar-refractivity contribution < 1.29 is 9.32 Å². The van der Waals surface area contributed by atoms with Crippen LogP contribution in [0.2, 0.25) is 0 Å². The highest BCUT2D eigenvalue weighted by molar-refractivity contribution is 5.78. The Morgan fingerprint density at radius 3 is 2.75 bits per heavy atom. The van der Waals surface area contributed by atoms with Gasteiger partial charge in [0.05, 0.1) is 18.5 Å². The van der Waals surface area contributed by atoms with Gasteiger partial charge in [-0.3, -0.25) is 9.20 Å². The summed E-state index contributed by atoms with van der Waals surface area (Å²) in [6.07, 6.45) is 2.86. The van der Waals surface area contributed by atoms with E-state index in [4.69, 9.17) is 4.52 Å². The number of hydrogen-bond acceptors (Lipinski definition) is 6. The van der Waals surface area contributed by atoms with E-state index in [-0.39, 0.29) is 12.5 Å². The second kappa shape index (κ2) is 7.59. The molecule has 8 heteroatoms. The zero-order valence-corrected chi connectivity index (χ0v) is 15.7. The van der Waals surface area contributed by atoms with Crippen LogP contribution in [0.15, 0.2) is 47.1 Å². The lowest BCUT2D eigenvalue weighted by Gasteiger charge is -2.05. The van der Waals surface area contributed by atoms with Crippen LogP contribution in [0, 0.1) is 6.92 Å². The molecule has 0 fully saturated rings. The van der Waals surface area contributed by atoms with Crippen molar-refractivity contribution in [1.82, 2.24) is 30.1 Å². The normalized spacial score (nSPS) is 11.1. The molecule has 0 aliphatic carbocycles. The minimum Gasteiger partial charge on any atom is -0.348 e. The smallest absolute Gasteiger partial charge is 0.261 e. The molecule has 1 N–H and O–H groups in total. The number of aryl methyl sites for hydroxylation is 2. The van der Waals surface area contributed by atoms with Crippen LogP contribution in [0.4, 0.5) is 0 Å². The maximum absolute atomic E-state index is 12.3. The number of aromatic nitrogens is 5. The molecule has 0 radical (unpaired) electrons. The Morgan fingerprint density at radius 1 is 1.18 bits per heavy atom. The first-order chi connectivity index (χ1) is 13.6. The summed E-state index contributed by atoms with van der Waals surface area (Å²) in [5.41, 5.74) is 3.46. The molecule has 0 aliphatic rings. The molecule has 4 aromatic rings. The summed E-state index contributed by atoms with van der Waals surface area (Å²) in [4.78, 5) is 16.6. The lowest BCUT2D eigenvalue weighted by Crippen LogP contribution is -2.25. The Balaban J connectivity index is 1.49. The summed E-state index contributed by atoms with van der Waals surface area (Å²) in [6.45, 7) is 4.26. The van der Waals surface area contributed by atoms with Crippen LogP contribution in [0.3, 0.4) is 0 Å². The molecule has 3 aromatic heterocycles. The summed E-state index contributed by atoms with van der Waals surface area (Å²) < 4.78 is 7.14. The van der Waals surface area contributed by atoms with Gasteiger partial charge in [-0.1, -0.05) is 41.9 Å².